The van der Waals surface area contributed by atoms with E-state index in [2.05, 4.69) is 163 Å². The standard InChI is InChI=1S/C19H25N3O2.C17H26N2.C15H21N3O3.C13H22N2O.C11H18N2.C7H14N2O.2C6H10O.2C2ClNO2/c1-21(14-15-8-3-2-4-9-15)12-7-13-22-17-11-6-5-10-16(17)18(23)20-19(22)24;1-19(15-16-9-4-2-5-10-16)14-8-13-18-17-11-6-3-7-12-17;19-13-7-3-8-17(13)9-4-10-18-12-6-2-1-5-11(12)14(20)16-15(18)21;16-13-8-4-10-15(13)11-5-9-14-12-6-2-1-3-7-12;1-13(9-5-8-12)10-11-6-3-2-4-7-11;8-4-2-6-9-5-1-3-7(9)10;2*7-6-4-2-1-3-5-6;2*3-2(6)4-1-5/h2-4,8-9H,5-7,10-14H2,1H3,(H,20,23,24);2,4-5,9-10H,3,6-8,11-15H2,1H3;1-10H2,(H,16,20,21);1-11H2;2-4,6-7H,5,8-10,12H2,1H3;1-6,8H2;2*1-5H2;;. The number of likely N-dealkylation sites (tertiary alicyclic amines) is 3. The molecule has 6 N–H and O–H groups in total. The van der Waals surface area contributed by atoms with Gasteiger partial charge in [0.15, 0.2) is 0 Å². The van der Waals surface area contributed by atoms with Gasteiger partial charge in [-0.25, -0.2) is 19.2 Å². The molecule has 3 aromatic carbocycles. The van der Waals surface area contributed by atoms with Crippen molar-refractivity contribution in [1.82, 2.24) is 48.5 Å². The quantitative estimate of drug-likeness (QED) is 0.0119. The number of isocyanates is 2. The van der Waals surface area contributed by atoms with Crippen LogP contribution in [-0.4, -0.2) is 218 Å². The average Bonchev–Trinajstić information content (AvgIpc) is 1.32. The second-order valence-electron chi connectivity index (χ2n) is 34.0. The summed E-state index contributed by atoms with van der Waals surface area (Å²) in [6.45, 7) is 15.9. The van der Waals surface area contributed by atoms with Crippen LogP contribution in [-0.2, 0) is 92.0 Å². The summed E-state index contributed by atoms with van der Waals surface area (Å²) in [5.41, 5.74) is 20.2. The molecule has 0 spiro atoms. The zero-order valence-corrected chi connectivity index (χ0v) is 78.8. The van der Waals surface area contributed by atoms with Crippen LogP contribution >= 0.6 is 23.2 Å². The fraction of sp³-hybridized carbons (Fsp3) is 0.622. The van der Waals surface area contributed by atoms with Gasteiger partial charge in [0.05, 0.1) is 0 Å². The number of aliphatic imine (C=N–C) groups is 4. The predicted octanol–water partition coefficient (Wildman–Crippen LogP) is 14.5. The Labute approximate surface area is 773 Å². The number of nitrogens with two attached hydrogens (primary N) is 2. The maximum Gasteiger partial charge on any atom is 0.350 e. The summed E-state index contributed by atoms with van der Waals surface area (Å²) >= 11 is 9.02. The Kier molecular flexibility index (Phi) is 57.8. The monoisotopic (exact) mass is 1830 g/mol. The Balaban J connectivity index is 0.000000263. The number of fused-ring (bicyclic) bond motifs is 2. The molecule has 6 aliphatic carbocycles. The van der Waals surface area contributed by atoms with Crippen LogP contribution in [0.15, 0.2) is 130 Å². The summed E-state index contributed by atoms with van der Waals surface area (Å²) in [4.78, 5) is 171. The van der Waals surface area contributed by atoms with Gasteiger partial charge in [-0.15, -0.1) is 9.98 Å². The van der Waals surface area contributed by atoms with E-state index in [1.165, 1.54) is 112 Å². The molecule has 3 aliphatic heterocycles. The molecule has 31 heteroatoms. The number of ketones is 2. The number of nitrogens with zero attached hydrogens (tertiary/aromatic N) is 12. The molecule has 710 valence electrons. The van der Waals surface area contributed by atoms with Gasteiger partial charge in [0, 0.05) is 164 Å². The fourth-order valence-corrected chi connectivity index (χ4v) is 16.7. The van der Waals surface area contributed by atoms with Crippen molar-refractivity contribution < 1.29 is 43.2 Å². The van der Waals surface area contributed by atoms with Crippen LogP contribution in [0.2, 0.25) is 0 Å². The van der Waals surface area contributed by atoms with Gasteiger partial charge < -0.3 is 40.9 Å². The summed E-state index contributed by atoms with van der Waals surface area (Å²) in [6, 6.07) is 31.6. The van der Waals surface area contributed by atoms with Crippen molar-refractivity contribution in [3.63, 3.8) is 0 Å². The summed E-state index contributed by atoms with van der Waals surface area (Å²) in [5.74, 6) is 1.78. The van der Waals surface area contributed by atoms with Crippen LogP contribution in [0.1, 0.15) is 270 Å². The van der Waals surface area contributed by atoms with E-state index in [0.717, 1.165) is 293 Å². The van der Waals surface area contributed by atoms with E-state index in [1.807, 2.05) is 26.8 Å². The number of benzene rings is 3. The topological polar surface area (TPSA) is 384 Å². The first-order chi connectivity index (χ1) is 62.5. The van der Waals surface area contributed by atoms with Gasteiger partial charge in [-0.1, -0.05) is 117 Å². The SMILES string of the molecule is CN(CCCN)Cc1ccccc1.CN(CCCN=C1CCCCC1)Cc1ccccc1.CN(CCCn1c2c(c(=O)[nH]c1=O)CCCC2)Cc1ccccc1.NCCCN1CCCC1=O.O=C1CCCCC1.O=C1CCCCC1.O=C1CCCN1CCCN=C1CCCCC1.O=C1CCCN1CCCn1c2c(c(=O)[nH]c1=O)CCCC2.O=C=NC(=O)Cl.O=C=NC(=O)Cl. The van der Waals surface area contributed by atoms with Crippen molar-refractivity contribution in [1.29, 1.82) is 0 Å². The summed E-state index contributed by atoms with van der Waals surface area (Å²) in [5, 5.41) is -2.07. The van der Waals surface area contributed by atoms with E-state index in [-0.39, 0.29) is 28.4 Å². The van der Waals surface area contributed by atoms with Gasteiger partial charge in [0.25, 0.3) is 11.1 Å². The van der Waals surface area contributed by atoms with E-state index >= 15 is 0 Å². The smallest absolute Gasteiger partial charge is 0.343 e. The molecule has 3 saturated heterocycles. The first-order valence-corrected chi connectivity index (χ1v) is 48.0. The van der Waals surface area contributed by atoms with Gasteiger partial charge >= 0.3 is 22.1 Å². The number of aromatic amines is 2. The third-order valence-electron chi connectivity index (χ3n) is 23.4. The second-order valence-corrected chi connectivity index (χ2v) is 34.7. The molecule has 0 bridgehead atoms. The number of carbonyl (C=O) groups is 7. The van der Waals surface area contributed by atoms with Gasteiger partial charge in [-0.05, 0) is 280 Å². The molecule has 0 unspecified atom stereocenters. The Morgan fingerprint density at radius 1 is 0.364 bits per heavy atom. The highest BCUT2D eigenvalue weighted by Gasteiger charge is 2.24. The Morgan fingerprint density at radius 3 is 0.992 bits per heavy atom. The Bertz CT molecular complexity index is 4460. The molecule has 7 fully saturated rings. The number of aromatic nitrogens is 4. The average molecular weight is 1830 g/mol. The lowest BCUT2D eigenvalue weighted by molar-refractivity contribution is -0.128. The van der Waals surface area contributed by atoms with Crippen LogP contribution in [0.4, 0.5) is 9.59 Å². The van der Waals surface area contributed by atoms with E-state index in [1.54, 1.807) is 9.13 Å². The van der Waals surface area contributed by atoms with Crippen LogP contribution in [0.5, 0.6) is 0 Å². The van der Waals surface area contributed by atoms with Crippen LogP contribution in [0.25, 0.3) is 0 Å². The highest BCUT2D eigenvalue weighted by Crippen LogP contribution is 2.22. The molecule has 4 saturated carbocycles. The number of nitrogens with one attached hydrogen (secondary N) is 2. The molecular weight excluding hydrogens is 1680 g/mol. The lowest BCUT2D eigenvalue weighted by Gasteiger charge is -2.21. The molecule has 14 rings (SSSR count). The zero-order valence-electron chi connectivity index (χ0n) is 77.3. The number of carbonyl (C=O) groups excluding carboxylic acids is 9. The predicted molar refractivity (Wildman–Crippen MR) is 513 cm³/mol. The molecule has 5 aromatic rings. The highest BCUT2D eigenvalue weighted by atomic mass is 35.5. The lowest BCUT2D eigenvalue weighted by atomic mass is 9.97. The van der Waals surface area contributed by atoms with Crippen LogP contribution in [0.3, 0.4) is 0 Å². The number of halogens is 2. The van der Waals surface area contributed by atoms with Gasteiger partial charge in [-0.2, -0.15) is 0 Å². The molecule has 5 amide bonds. The van der Waals surface area contributed by atoms with E-state index in [9.17, 15) is 52.7 Å². The number of H-pyrrole nitrogens is 2. The number of rotatable bonds is 28. The number of Topliss-reactive ketones (excluding diaryl/α,β-unsaturated/α-hetero) is 2. The Morgan fingerprint density at radius 2 is 0.674 bits per heavy atom. The fourth-order valence-electron chi connectivity index (χ4n) is 16.6. The molecular formula is C98H146Cl2N16O13. The first-order valence-electron chi connectivity index (χ1n) is 47.3. The van der Waals surface area contributed by atoms with Crippen molar-refractivity contribution in [3.05, 3.63) is 172 Å². The minimum atomic E-state index is -1.04. The number of amides is 5. The maximum absolute atomic E-state index is 12.2. The molecule has 2 aromatic heterocycles. The Hall–Kier alpha value is -9.41. The third kappa shape index (κ3) is 48.4. The second kappa shape index (κ2) is 67.7. The molecule has 0 atom stereocenters. The first kappa shape index (κ1) is 110. The molecule has 5 heterocycles. The number of hydrogen-bond donors (Lipinski definition) is 4. The van der Waals surface area contributed by atoms with Gasteiger partial charge in [0.1, 0.15) is 11.6 Å². The summed E-state index contributed by atoms with van der Waals surface area (Å²) < 4.78 is 3.49. The van der Waals surface area contributed by atoms with Crippen LogP contribution in [0, 0.1) is 0 Å². The van der Waals surface area contributed by atoms with E-state index in [4.69, 9.17) is 26.0 Å². The maximum atomic E-state index is 12.2. The van der Waals surface area contributed by atoms with Crippen molar-refractivity contribution in [2.24, 2.45) is 31.4 Å². The molecule has 9 aliphatic rings. The largest absolute Gasteiger partial charge is 0.350 e. The normalized spacial score (nSPS) is 16.1. The number of hydrogen-bond acceptors (Lipinski definition) is 20. The van der Waals surface area contributed by atoms with Crippen molar-refractivity contribution in [2.75, 3.05) is 106 Å². The minimum Gasteiger partial charge on any atom is -0.343 e. The van der Waals surface area contributed by atoms with Crippen LogP contribution < -0.4 is 34.0 Å². The van der Waals surface area contributed by atoms with Crippen molar-refractivity contribution in [2.45, 2.75) is 290 Å². The molecule has 129 heavy (non-hydrogen) atoms. The van der Waals surface area contributed by atoms with E-state index < -0.39 is 10.7 Å². The zero-order chi connectivity index (χ0) is 93.4. The molecule has 29 nitrogen and oxygen atoms in total. The van der Waals surface area contributed by atoms with Gasteiger partial charge in [0.2, 0.25) is 29.9 Å². The lowest BCUT2D eigenvalue weighted by Crippen LogP contribution is -2.37. The van der Waals surface area contributed by atoms with Crippen molar-refractivity contribution in [3.8, 4) is 0 Å². The van der Waals surface area contributed by atoms with Crippen molar-refractivity contribution >= 4 is 86.8 Å². The van der Waals surface area contributed by atoms with Gasteiger partial charge in [-0.3, -0.25) is 72.2 Å². The summed E-state index contributed by atoms with van der Waals surface area (Å²) in [6.07, 6.45) is 43.8. The highest BCUT2D eigenvalue weighted by molar-refractivity contribution is 6.63. The molecule has 0 radical (unpaired) electrons. The third-order valence-corrected chi connectivity index (χ3v) is 23.6. The summed E-state index contributed by atoms with van der Waals surface area (Å²) in [7, 11) is 6.42. The van der Waals surface area contributed by atoms with E-state index in [0.29, 0.717) is 56.0 Å². The minimum absolute atomic E-state index is 0.188.